The van der Waals surface area contributed by atoms with E-state index in [1.807, 2.05) is 34.8 Å². The summed E-state index contributed by atoms with van der Waals surface area (Å²) in [5, 5.41) is 0. The molecule has 0 unspecified atom stereocenters. The molecule has 1 atom stereocenters. The van der Waals surface area contributed by atoms with E-state index in [1.54, 1.807) is 0 Å². The first-order valence-corrected chi connectivity index (χ1v) is 9.86. The van der Waals surface area contributed by atoms with Crippen LogP contribution in [-0.2, 0) is 11.8 Å². The third-order valence-electron chi connectivity index (χ3n) is 6.78. The summed E-state index contributed by atoms with van der Waals surface area (Å²) in [5.74, 6) is 0.465. The van der Waals surface area contributed by atoms with Gasteiger partial charge in [0.1, 0.15) is 5.69 Å². The minimum atomic E-state index is 0.133. The molecular formula is C20H30N4O2. The third-order valence-corrected chi connectivity index (χ3v) is 6.78. The van der Waals surface area contributed by atoms with Crippen molar-refractivity contribution >= 4 is 11.8 Å². The Morgan fingerprint density at radius 1 is 1.15 bits per heavy atom. The van der Waals surface area contributed by atoms with E-state index in [1.165, 1.54) is 0 Å². The molecule has 26 heavy (non-hydrogen) atoms. The van der Waals surface area contributed by atoms with E-state index in [0.717, 1.165) is 64.1 Å². The third kappa shape index (κ3) is 3.15. The molecule has 0 radical (unpaired) electrons. The number of likely N-dealkylation sites (N-methyl/N-ethyl adjacent to an activating group) is 1. The molecule has 6 heteroatoms. The molecule has 3 fully saturated rings. The number of rotatable bonds is 2. The van der Waals surface area contributed by atoms with Crippen molar-refractivity contribution in [2.24, 2.45) is 12.5 Å². The Hall–Kier alpha value is -1.82. The molecule has 3 aliphatic heterocycles. The van der Waals surface area contributed by atoms with Crippen LogP contribution in [0.15, 0.2) is 18.3 Å². The van der Waals surface area contributed by atoms with Gasteiger partial charge in [-0.25, -0.2) is 0 Å². The standard InChI is InChI=1S/C20H30N4O2/c1-21-11-6-16(14-21)24-15-20(7-5-18(24)25)8-12-23(13-9-20)19(26)17-4-3-10-22(17)2/h3-4,10,16H,5-9,11-15H2,1-2H3/t16-/m1/s1. The van der Waals surface area contributed by atoms with E-state index in [4.69, 9.17) is 0 Å². The predicted molar refractivity (Wildman–Crippen MR) is 99.8 cm³/mol. The van der Waals surface area contributed by atoms with E-state index in [0.29, 0.717) is 18.4 Å². The molecule has 142 valence electrons. The number of hydrogen-bond acceptors (Lipinski definition) is 3. The number of aromatic nitrogens is 1. The summed E-state index contributed by atoms with van der Waals surface area (Å²) in [6.45, 7) is 4.57. The molecule has 3 saturated heterocycles. The van der Waals surface area contributed by atoms with E-state index < -0.39 is 0 Å². The summed E-state index contributed by atoms with van der Waals surface area (Å²) >= 11 is 0. The summed E-state index contributed by atoms with van der Waals surface area (Å²) < 4.78 is 1.89. The van der Waals surface area contributed by atoms with Gasteiger partial charge >= 0.3 is 0 Å². The number of piperidine rings is 2. The average Bonchev–Trinajstić information content (AvgIpc) is 3.26. The molecule has 1 spiro atoms. The number of carbonyl (C=O) groups excluding carboxylic acids is 2. The predicted octanol–water partition coefficient (Wildman–Crippen LogP) is 1.57. The van der Waals surface area contributed by atoms with Crippen molar-refractivity contribution in [2.75, 3.05) is 39.8 Å². The second-order valence-electron chi connectivity index (χ2n) is 8.52. The maximum absolute atomic E-state index is 12.7. The number of nitrogens with zero attached hydrogens (tertiary/aromatic N) is 4. The van der Waals surface area contributed by atoms with Gasteiger partial charge in [-0.05, 0) is 56.8 Å². The Bertz CT molecular complexity index is 690. The highest BCUT2D eigenvalue weighted by atomic mass is 16.2. The SMILES string of the molecule is CN1CC[C@@H](N2CC3(CCC2=O)CCN(C(=O)c2cccn2C)CC3)C1. The van der Waals surface area contributed by atoms with Crippen molar-refractivity contribution < 1.29 is 9.59 Å². The van der Waals surface area contributed by atoms with Gasteiger partial charge in [-0.15, -0.1) is 0 Å². The van der Waals surface area contributed by atoms with Crippen molar-refractivity contribution in [1.29, 1.82) is 0 Å². The Labute approximate surface area is 155 Å². The number of amides is 2. The summed E-state index contributed by atoms with van der Waals surface area (Å²) in [6, 6.07) is 4.19. The second-order valence-corrected chi connectivity index (χ2v) is 8.52. The number of aryl methyl sites for hydroxylation is 1. The van der Waals surface area contributed by atoms with Crippen molar-refractivity contribution in [1.82, 2.24) is 19.3 Å². The zero-order valence-electron chi connectivity index (χ0n) is 16.0. The first kappa shape index (κ1) is 17.6. The fourth-order valence-electron chi connectivity index (χ4n) is 4.98. The molecule has 4 heterocycles. The lowest BCUT2D eigenvalue weighted by Gasteiger charge is -2.49. The first-order valence-electron chi connectivity index (χ1n) is 9.86. The van der Waals surface area contributed by atoms with Crippen LogP contribution in [0.2, 0.25) is 0 Å². The summed E-state index contributed by atoms with van der Waals surface area (Å²) in [5.41, 5.74) is 0.968. The molecule has 0 aromatic carbocycles. The van der Waals surface area contributed by atoms with Crippen molar-refractivity contribution in [3.63, 3.8) is 0 Å². The minimum absolute atomic E-state index is 0.133. The van der Waals surface area contributed by atoms with Gasteiger partial charge in [0.15, 0.2) is 0 Å². The molecule has 6 nitrogen and oxygen atoms in total. The van der Waals surface area contributed by atoms with Gasteiger partial charge in [0, 0.05) is 51.9 Å². The average molecular weight is 358 g/mol. The fraction of sp³-hybridized carbons (Fsp3) is 0.700. The largest absolute Gasteiger partial charge is 0.347 e. The molecule has 1 aromatic rings. The fourth-order valence-corrected chi connectivity index (χ4v) is 4.98. The zero-order chi connectivity index (χ0) is 18.3. The van der Waals surface area contributed by atoms with Crippen LogP contribution in [0.5, 0.6) is 0 Å². The van der Waals surface area contributed by atoms with E-state index in [-0.39, 0.29) is 11.3 Å². The second kappa shape index (κ2) is 6.72. The van der Waals surface area contributed by atoms with Crippen molar-refractivity contribution in [3.05, 3.63) is 24.0 Å². The highest BCUT2D eigenvalue weighted by Crippen LogP contribution is 2.41. The molecular weight excluding hydrogens is 328 g/mol. The molecule has 0 saturated carbocycles. The lowest BCUT2D eigenvalue weighted by molar-refractivity contribution is -0.141. The Morgan fingerprint density at radius 2 is 1.92 bits per heavy atom. The quantitative estimate of drug-likeness (QED) is 0.806. The molecule has 1 aromatic heterocycles. The molecule has 2 amide bonds. The van der Waals surface area contributed by atoms with Crippen LogP contribution in [0.25, 0.3) is 0 Å². The maximum atomic E-state index is 12.7. The van der Waals surface area contributed by atoms with Gasteiger partial charge in [-0.3, -0.25) is 9.59 Å². The van der Waals surface area contributed by atoms with Crippen LogP contribution in [0.1, 0.15) is 42.6 Å². The molecule has 4 rings (SSSR count). The van der Waals surface area contributed by atoms with Gasteiger partial charge in [-0.1, -0.05) is 0 Å². The van der Waals surface area contributed by atoms with Gasteiger partial charge in [-0.2, -0.15) is 0 Å². The normalized spacial score (nSPS) is 26.7. The number of carbonyl (C=O) groups is 2. The molecule has 0 aliphatic carbocycles. The Kier molecular flexibility index (Phi) is 4.55. The van der Waals surface area contributed by atoms with Crippen LogP contribution in [0.4, 0.5) is 0 Å². The topological polar surface area (TPSA) is 48.8 Å². The van der Waals surface area contributed by atoms with E-state index in [9.17, 15) is 9.59 Å². The van der Waals surface area contributed by atoms with Gasteiger partial charge in [0.2, 0.25) is 5.91 Å². The van der Waals surface area contributed by atoms with Crippen LogP contribution in [-0.4, -0.2) is 76.9 Å². The van der Waals surface area contributed by atoms with Crippen LogP contribution in [0, 0.1) is 5.41 Å². The van der Waals surface area contributed by atoms with Gasteiger partial charge in [0.25, 0.3) is 5.91 Å². The van der Waals surface area contributed by atoms with E-state index in [2.05, 4.69) is 16.8 Å². The van der Waals surface area contributed by atoms with Crippen LogP contribution < -0.4 is 0 Å². The number of likely N-dealkylation sites (tertiary alicyclic amines) is 3. The lowest BCUT2D eigenvalue weighted by Crippen LogP contribution is -2.55. The van der Waals surface area contributed by atoms with Crippen LogP contribution >= 0.6 is 0 Å². The Balaban J connectivity index is 1.40. The Morgan fingerprint density at radius 3 is 2.54 bits per heavy atom. The van der Waals surface area contributed by atoms with Crippen LogP contribution in [0.3, 0.4) is 0 Å². The summed E-state index contributed by atoms with van der Waals surface area (Å²) in [6.07, 6.45) is 6.69. The minimum Gasteiger partial charge on any atom is -0.347 e. The smallest absolute Gasteiger partial charge is 0.270 e. The summed E-state index contributed by atoms with van der Waals surface area (Å²) in [4.78, 5) is 31.7. The van der Waals surface area contributed by atoms with E-state index >= 15 is 0 Å². The lowest BCUT2D eigenvalue weighted by atomic mass is 9.72. The first-order chi connectivity index (χ1) is 12.5. The molecule has 0 bridgehead atoms. The van der Waals surface area contributed by atoms with Crippen molar-refractivity contribution in [2.45, 2.75) is 38.1 Å². The summed E-state index contributed by atoms with van der Waals surface area (Å²) in [7, 11) is 4.06. The zero-order valence-corrected chi connectivity index (χ0v) is 16.0. The highest BCUT2D eigenvalue weighted by molar-refractivity contribution is 5.92. The highest BCUT2D eigenvalue weighted by Gasteiger charge is 2.44. The maximum Gasteiger partial charge on any atom is 0.270 e. The molecule has 0 N–H and O–H groups in total. The monoisotopic (exact) mass is 358 g/mol. The van der Waals surface area contributed by atoms with Gasteiger partial charge < -0.3 is 19.3 Å². The molecule has 3 aliphatic rings. The van der Waals surface area contributed by atoms with Gasteiger partial charge in [0.05, 0.1) is 0 Å². The van der Waals surface area contributed by atoms with Crippen molar-refractivity contribution in [3.8, 4) is 0 Å². The number of hydrogen-bond donors (Lipinski definition) is 0.